The second kappa shape index (κ2) is 48.6. The van der Waals surface area contributed by atoms with Crippen molar-refractivity contribution in [1.29, 1.82) is 0 Å². The number of allylic oxidation sites excluding steroid dienone is 1. The number of carbonyl (C=O) groups is 8. The molecule has 730 valence electrons. The van der Waals surface area contributed by atoms with Crippen molar-refractivity contribution in [2.75, 3.05) is 64.4 Å². The molecule has 0 spiro atoms. The molecule has 1 aliphatic heterocycles. The summed E-state index contributed by atoms with van der Waals surface area (Å²) >= 11 is 9.74. The molecule has 7 aromatic carbocycles. The van der Waals surface area contributed by atoms with Crippen molar-refractivity contribution < 1.29 is 67.4 Å². The van der Waals surface area contributed by atoms with Gasteiger partial charge in [0.15, 0.2) is 17.5 Å². The highest BCUT2D eigenvalue weighted by molar-refractivity contribution is 9.10. The summed E-state index contributed by atoms with van der Waals surface area (Å²) in [6.45, 7) is 27.1. The molecule has 5 fully saturated rings. The molecular weight excluding hydrogens is 1950 g/mol. The number of likely N-dealkylation sites (N-methyl/N-ethyl adjacent to an activating group) is 1. The lowest BCUT2D eigenvalue weighted by atomic mass is 9.79. The molecule has 4 aliphatic carbocycles. The first-order chi connectivity index (χ1) is 65.2. The Bertz CT molecular complexity index is 6050. The second-order valence-corrected chi connectivity index (χ2v) is 40.3. The first kappa shape index (κ1) is 107. The summed E-state index contributed by atoms with van der Waals surface area (Å²) in [4.78, 5) is 96.6. The van der Waals surface area contributed by atoms with Crippen LogP contribution >= 0.6 is 47.8 Å². The van der Waals surface area contributed by atoms with Gasteiger partial charge in [0, 0.05) is 109 Å². The number of aliphatic carboxylic acids is 2. The number of alkyl halides is 1. The zero-order chi connectivity index (χ0) is 101. The van der Waals surface area contributed by atoms with Gasteiger partial charge >= 0.3 is 31.2 Å². The van der Waals surface area contributed by atoms with E-state index in [2.05, 4.69) is 106 Å². The summed E-state index contributed by atoms with van der Waals surface area (Å²) in [5.41, 5.74) is 30.2. The monoisotopic (exact) mass is 2070 g/mol. The van der Waals surface area contributed by atoms with Crippen LogP contribution in [0.3, 0.4) is 0 Å². The number of carbonyl (C=O) groups excluding carboxylic acids is 6. The van der Waals surface area contributed by atoms with Crippen LogP contribution in [0, 0.1) is 0 Å². The molecule has 4 atom stereocenters. The first-order valence-electron chi connectivity index (χ1n) is 45.8. The minimum absolute atomic E-state index is 0.0618. The molecule has 5 heterocycles. The number of carboxylic acids is 2. The number of nitrogens with two attached hydrogens (primary N) is 3. The fourth-order valence-electron chi connectivity index (χ4n) is 13.7. The van der Waals surface area contributed by atoms with Crippen LogP contribution in [0.25, 0.3) is 22.3 Å². The van der Waals surface area contributed by atoms with Crippen molar-refractivity contribution in [1.82, 2.24) is 44.9 Å². The fourth-order valence-corrected chi connectivity index (χ4v) is 14.7. The van der Waals surface area contributed by atoms with E-state index in [1.165, 1.54) is 41.1 Å². The van der Waals surface area contributed by atoms with Crippen molar-refractivity contribution in [2.45, 2.75) is 218 Å². The van der Waals surface area contributed by atoms with Crippen molar-refractivity contribution in [3.63, 3.8) is 0 Å². The normalized spacial score (nSPS) is 15.4. The van der Waals surface area contributed by atoms with Gasteiger partial charge in [-0.15, -0.1) is 10.2 Å². The van der Waals surface area contributed by atoms with Gasteiger partial charge < -0.3 is 72.4 Å². The van der Waals surface area contributed by atoms with Gasteiger partial charge in [0.25, 0.3) is 0 Å². The molecule has 14 N–H and O–H groups in total. The number of amides is 4. The molecule has 138 heavy (non-hydrogen) atoms. The number of aromatic nitrogens is 8. The molecule has 34 heteroatoms. The van der Waals surface area contributed by atoms with E-state index in [-0.39, 0.29) is 65.6 Å². The summed E-state index contributed by atoms with van der Waals surface area (Å²) in [5, 5.41) is 51.5. The average Bonchev–Trinajstić information content (AvgIpc) is 1.62. The molecule has 4 saturated carbocycles. The van der Waals surface area contributed by atoms with Gasteiger partial charge in [-0.1, -0.05) is 169 Å². The highest BCUT2D eigenvalue weighted by atomic mass is 79.9. The Hall–Kier alpha value is -12.6. The van der Waals surface area contributed by atoms with E-state index in [1.807, 2.05) is 291 Å². The number of nitrogens with one attached hydrogen (secondary N) is 6. The third kappa shape index (κ3) is 33.7. The van der Waals surface area contributed by atoms with E-state index in [0.717, 1.165) is 131 Å². The van der Waals surface area contributed by atoms with Crippen molar-refractivity contribution in [2.24, 2.45) is 0 Å². The molecule has 0 bridgehead atoms. The summed E-state index contributed by atoms with van der Waals surface area (Å²) < 4.78 is 27.0. The van der Waals surface area contributed by atoms with Crippen LogP contribution in [0.1, 0.15) is 241 Å². The quantitative estimate of drug-likeness (QED) is 0.0116. The van der Waals surface area contributed by atoms with Crippen LogP contribution in [0.15, 0.2) is 227 Å². The summed E-state index contributed by atoms with van der Waals surface area (Å²) in [5.74, 6) is 0.183. The predicted molar refractivity (Wildman–Crippen MR) is 554 cm³/mol. The lowest BCUT2D eigenvalue weighted by Crippen LogP contribution is -2.41. The number of ether oxygens (including phenoxy) is 2. The summed E-state index contributed by atoms with van der Waals surface area (Å²) in [7, 11) is 3.60. The van der Waals surface area contributed by atoms with E-state index in [4.69, 9.17) is 46.2 Å². The van der Waals surface area contributed by atoms with Gasteiger partial charge in [-0.2, -0.15) is 19.6 Å². The highest BCUT2D eigenvalue weighted by Crippen LogP contribution is 2.44. The number of hydrogen-bond acceptors (Lipinski definition) is 20. The maximum absolute atomic E-state index is 12.8. The van der Waals surface area contributed by atoms with E-state index >= 15 is 0 Å². The topological polar surface area (TPSA) is 436 Å². The molecule has 16 rings (SSSR count). The maximum atomic E-state index is 12.8. The Kier molecular flexibility index (Phi) is 37.9. The molecule has 4 amide bonds. The van der Waals surface area contributed by atoms with Crippen LogP contribution in [0.4, 0.5) is 49.9 Å². The minimum atomic E-state index is -0.903. The number of rotatable bonds is 24. The number of halogens is 3. The van der Waals surface area contributed by atoms with Crippen molar-refractivity contribution in [3.05, 3.63) is 272 Å². The van der Waals surface area contributed by atoms with Crippen LogP contribution < -0.4 is 43.9 Å². The SMILES string of the molecule is CC(C(=O)Nc1cc(C2CC2)[nH]n1)c1cccc(-c2ccc(N)cc2)c1.CC(C(=O)Nc1cc(C2CC2)[nH]n1)c1cccc(-c2ccc(NC(=O)/C=C/CN(C)C)cc2)c1.CC(C(=O)Nc1cc(C2CC2)n(C(=O)OC(C)(C)C)n1)c1cccc(Br)c1.CC(C(=O)O)c1cccc(Br)c1.CC(C)(C)OC(=O)n1nc(N)cc1C1CC1.CC1(C)OB(c2ccc(N)cc2)OC1(C)C.O=C(O)/C=C/CBr. The van der Waals surface area contributed by atoms with Crippen molar-refractivity contribution in [3.8, 4) is 22.3 Å². The van der Waals surface area contributed by atoms with E-state index in [9.17, 15) is 38.4 Å². The number of hydrogen-bond donors (Lipinski definition) is 11. The first-order valence-corrected chi connectivity index (χ1v) is 48.5. The number of H-pyrrole nitrogens is 2. The molecule has 5 aliphatic rings. The smallest absolute Gasteiger partial charge is 0.481 e. The molecule has 11 aromatic rings. The molecule has 4 unspecified atom stereocenters. The number of benzene rings is 7. The van der Waals surface area contributed by atoms with Crippen molar-refractivity contribution >= 4 is 148 Å². The Morgan fingerprint density at radius 2 is 0.884 bits per heavy atom. The number of anilines is 7. The van der Waals surface area contributed by atoms with Gasteiger partial charge in [-0.3, -0.25) is 34.2 Å². The molecule has 4 aromatic heterocycles. The van der Waals surface area contributed by atoms with Gasteiger partial charge in [0.2, 0.25) is 23.6 Å². The number of carboxylic acid groups (broad SMARTS) is 2. The van der Waals surface area contributed by atoms with Crippen LogP contribution in [0.5, 0.6) is 0 Å². The number of aromatic amines is 2. The highest BCUT2D eigenvalue weighted by Gasteiger charge is 2.52. The van der Waals surface area contributed by atoms with E-state index < -0.39 is 41.2 Å². The zero-order valence-corrected chi connectivity index (χ0v) is 85.6. The van der Waals surface area contributed by atoms with E-state index in [0.29, 0.717) is 52.9 Å². The Balaban J connectivity index is 0.000000173. The predicted octanol–water partition coefficient (Wildman–Crippen LogP) is 21.4. The molecule has 30 nitrogen and oxygen atoms in total. The largest absolute Gasteiger partial charge is 0.494 e. The summed E-state index contributed by atoms with van der Waals surface area (Å²) in [6.07, 6.45) is 14.0. The molecule has 1 saturated heterocycles. The average molecular weight is 2070 g/mol. The Morgan fingerprint density at radius 3 is 1.28 bits per heavy atom. The standard InChI is InChI=1S/C27H31N5O2.C21H22N4O.C20H24BrN3O3.C12H18BNO2.C11H17N3O2.C9H9BrO2.C4H5BrO2/c1-18(27(34)29-25-17-24(30-31-25)20-9-10-20)21-6-4-7-22(16-21)19-11-13-23(14-12-19)28-26(33)8-5-15-32(2)3;1-13(21(26)23-20-12-19(24-25-20)15-5-6-15)16-3-2-4-17(11-16)14-7-9-18(22)10-8-14;1-12(14-6-5-7-15(21)10-14)18(25)22-17-11-16(13-8-9-13)24(23-17)19(26)27-20(2,3)4;1-11(2)12(3,4)16-13(15-11)9-5-7-10(14)8-6-9;1-11(2,3)16-10(15)14-8(7-4-5-7)6-9(12)13-14;1-6(9(11)12)7-3-2-4-8(10)5-7;5-3-1-2-4(6)7/h4-8,11-14,16-18,20H,9-10,15H2,1-3H3,(H,28,33)(H2,29,30,31,34);2-4,7-13,15H,5-6,22H2,1H3,(H2,23,24,25,26);5-7,10-13H,8-9H2,1-4H3,(H,22,23,25);5-8H,14H2,1-4H3;6-7H,4-5H2,1-3H3,(H2,12,13);2-6H,1H3,(H,11,12);1-2H,3H2,(H,6,7)/b8-5+;;;;;;2-1+. The van der Waals surface area contributed by atoms with Gasteiger partial charge in [-0.05, 0) is 273 Å². The van der Waals surface area contributed by atoms with E-state index in [1.54, 1.807) is 25.1 Å². The van der Waals surface area contributed by atoms with Gasteiger partial charge in [-0.25, -0.2) is 14.4 Å². The summed E-state index contributed by atoms with van der Waals surface area (Å²) in [6, 6.07) is 61.4. The maximum Gasteiger partial charge on any atom is 0.494 e. The minimum Gasteiger partial charge on any atom is -0.481 e. The van der Waals surface area contributed by atoms with Crippen LogP contribution in [0.2, 0.25) is 0 Å². The number of nitrogens with zero attached hydrogens (tertiary/aromatic N) is 7. The third-order valence-electron chi connectivity index (χ3n) is 22.9. The van der Waals surface area contributed by atoms with Gasteiger partial charge in [0.1, 0.15) is 17.0 Å². The Labute approximate surface area is 832 Å². The molecule has 0 radical (unpaired) electrons. The lowest BCUT2D eigenvalue weighted by molar-refractivity contribution is -0.138. The zero-order valence-electron chi connectivity index (χ0n) is 80.8. The lowest BCUT2D eigenvalue weighted by Gasteiger charge is -2.32. The molecular formula is C104H126BBr3N16O14. The third-order valence-corrected chi connectivity index (χ3v) is 24.3. The van der Waals surface area contributed by atoms with Crippen LogP contribution in [-0.4, -0.2) is 158 Å². The van der Waals surface area contributed by atoms with Crippen LogP contribution in [-0.2, 0) is 47.5 Å². The Morgan fingerprint density at radius 1 is 0.493 bits per heavy atom. The second-order valence-electron chi connectivity index (χ2n) is 37.8. The number of nitrogen functional groups attached to an aromatic ring is 3. The van der Waals surface area contributed by atoms with Gasteiger partial charge in [0.05, 0.1) is 46.3 Å². The fraction of sp³-hybridized carbons (Fsp3) is 0.365.